The fraction of sp³-hybridized carbons (Fsp3) is 0.273. The van der Waals surface area contributed by atoms with Crippen molar-refractivity contribution in [3.63, 3.8) is 0 Å². The van der Waals surface area contributed by atoms with Crippen LogP contribution >= 0.6 is 0 Å². The lowest BCUT2D eigenvalue weighted by molar-refractivity contribution is -0.0520. The van der Waals surface area contributed by atoms with E-state index in [0.717, 1.165) is 18.1 Å². The maximum absolute atomic E-state index is 14.3. The standard InChI is InChI=1S/C22H19F5O/c1-2-3-14-11-18(23)17(19(24)12-14)8-5-13-4-7-16-15(10-13)6-9-20(21(16)25)28-22(26)27/h4,6-7,9-12,22H,2-3,5,8H2,1H3. The van der Waals surface area contributed by atoms with Gasteiger partial charge in [0.05, 0.1) is 0 Å². The van der Waals surface area contributed by atoms with Crippen molar-refractivity contribution >= 4 is 10.8 Å². The van der Waals surface area contributed by atoms with Gasteiger partial charge in [0.2, 0.25) is 0 Å². The highest BCUT2D eigenvalue weighted by molar-refractivity contribution is 5.85. The summed E-state index contributed by atoms with van der Waals surface area (Å²) >= 11 is 0. The molecule has 3 aromatic carbocycles. The van der Waals surface area contributed by atoms with Crippen molar-refractivity contribution in [1.29, 1.82) is 0 Å². The molecule has 3 rings (SSSR count). The normalized spacial score (nSPS) is 11.4. The molecule has 1 nitrogen and oxygen atoms in total. The third-order valence-electron chi connectivity index (χ3n) is 4.60. The number of aryl methyl sites for hydroxylation is 2. The topological polar surface area (TPSA) is 9.23 Å². The van der Waals surface area contributed by atoms with Gasteiger partial charge in [-0.05, 0) is 54.0 Å². The number of alkyl halides is 2. The zero-order valence-corrected chi connectivity index (χ0v) is 15.2. The van der Waals surface area contributed by atoms with Crippen LogP contribution in [0.5, 0.6) is 5.75 Å². The summed E-state index contributed by atoms with van der Waals surface area (Å²) in [6, 6.07) is 10.1. The van der Waals surface area contributed by atoms with Crippen LogP contribution in [-0.4, -0.2) is 6.61 Å². The van der Waals surface area contributed by atoms with Crippen LogP contribution in [0.2, 0.25) is 0 Å². The van der Waals surface area contributed by atoms with Crippen LogP contribution in [0, 0.1) is 17.5 Å². The number of benzene rings is 3. The number of fused-ring (bicyclic) bond motifs is 1. The fourth-order valence-electron chi connectivity index (χ4n) is 3.26. The van der Waals surface area contributed by atoms with Gasteiger partial charge in [-0.3, -0.25) is 0 Å². The summed E-state index contributed by atoms with van der Waals surface area (Å²) in [5.74, 6) is -2.52. The van der Waals surface area contributed by atoms with E-state index in [4.69, 9.17) is 0 Å². The molecular formula is C22H19F5O. The Labute approximate surface area is 159 Å². The molecule has 0 fully saturated rings. The minimum Gasteiger partial charge on any atom is -0.432 e. The summed E-state index contributed by atoms with van der Waals surface area (Å²) in [5, 5.41) is 0.638. The molecule has 0 atom stereocenters. The Kier molecular flexibility index (Phi) is 6.17. The minimum absolute atomic E-state index is 0.0202. The number of hydrogen-bond acceptors (Lipinski definition) is 1. The molecule has 0 amide bonds. The van der Waals surface area contributed by atoms with Gasteiger partial charge in [0.1, 0.15) is 11.6 Å². The Morgan fingerprint density at radius 1 is 0.821 bits per heavy atom. The van der Waals surface area contributed by atoms with Crippen molar-refractivity contribution < 1.29 is 26.7 Å². The molecule has 28 heavy (non-hydrogen) atoms. The maximum Gasteiger partial charge on any atom is 0.387 e. The quantitative estimate of drug-likeness (QED) is 0.411. The molecule has 0 aliphatic carbocycles. The van der Waals surface area contributed by atoms with Crippen LogP contribution < -0.4 is 4.74 Å². The van der Waals surface area contributed by atoms with Gasteiger partial charge in [-0.25, -0.2) is 13.2 Å². The molecule has 148 valence electrons. The Morgan fingerprint density at radius 2 is 1.54 bits per heavy atom. The first kappa shape index (κ1) is 20.1. The highest BCUT2D eigenvalue weighted by Crippen LogP contribution is 2.29. The summed E-state index contributed by atoms with van der Waals surface area (Å²) in [6.45, 7) is -1.17. The van der Waals surface area contributed by atoms with Crippen LogP contribution in [0.3, 0.4) is 0 Å². The maximum atomic E-state index is 14.3. The minimum atomic E-state index is -3.11. The zero-order chi connectivity index (χ0) is 20.3. The van der Waals surface area contributed by atoms with E-state index in [2.05, 4.69) is 4.74 Å². The van der Waals surface area contributed by atoms with Gasteiger partial charge >= 0.3 is 6.61 Å². The second kappa shape index (κ2) is 8.59. The lowest BCUT2D eigenvalue weighted by atomic mass is 9.98. The SMILES string of the molecule is CCCc1cc(F)c(CCc2ccc3c(F)c(OC(F)F)ccc3c2)c(F)c1. The van der Waals surface area contributed by atoms with E-state index in [9.17, 15) is 22.0 Å². The van der Waals surface area contributed by atoms with Crippen molar-refractivity contribution in [2.45, 2.75) is 39.2 Å². The van der Waals surface area contributed by atoms with Crippen LogP contribution in [0.15, 0.2) is 42.5 Å². The second-order valence-corrected chi connectivity index (χ2v) is 6.60. The monoisotopic (exact) mass is 394 g/mol. The van der Waals surface area contributed by atoms with E-state index in [1.807, 2.05) is 6.92 Å². The zero-order valence-electron chi connectivity index (χ0n) is 15.2. The number of hydrogen-bond donors (Lipinski definition) is 0. The molecule has 0 N–H and O–H groups in total. The summed E-state index contributed by atoms with van der Waals surface area (Å²) < 4.78 is 71.5. The van der Waals surface area contributed by atoms with Gasteiger partial charge in [-0.15, -0.1) is 0 Å². The Bertz CT molecular complexity index is 961. The second-order valence-electron chi connectivity index (χ2n) is 6.60. The molecule has 0 radical (unpaired) electrons. The van der Waals surface area contributed by atoms with E-state index in [1.54, 1.807) is 12.1 Å². The highest BCUT2D eigenvalue weighted by atomic mass is 19.3. The summed E-state index contributed by atoms with van der Waals surface area (Å²) in [7, 11) is 0. The van der Waals surface area contributed by atoms with Gasteiger partial charge in [0.25, 0.3) is 0 Å². The molecule has 0 aromatic heterocycles. The Morgan fingerprint density at radius 3 is 2.18 bits per heavy atom. The van der Waals surface area contributed by atoms with Gasteiger partial charge in [0, 0.05) is 10.9 Å². The molecule has 0 bridgehead atoms. The van der Waals surface area contributed by atoms with E-state index in [-0.39, 0.29) is 17.4 Å². The fourth-order valence-corrected chi connectivity index (χ4v) is 3.26. The summed E-state index contributed by atoms with van der Waals surface area (Å²) in [4.78, 5) is 0. The smallest absolute Gasteiger partial charge is 0.387 e. The summed E-state index contributed by atoms with van der Waals surface area (Å²) in [6.07, 6.45) is 1.93. The van der Waals surface area contributed by atoms with E-state index < -0.39 is 29.8 Å². The van der Waals surface area contributed by atoms with Gasteiger partial charge in [-0.1, -0.05) is 37.6 Å². The number of halogens is 5. The first-order chi connectivity index (χ1) is 13.4. The predicted molar refractivity (Wildman–Crippen MR) is 98.3 cm³/mol. The van der Waals surface area contributed by atoms with Gasteiger partial charge < -0.3 is 4.74 Å². The first-order valence-electron chi connectivity index (χ1n) is 9.01. The molecule has 0 spiro atoms. The lowest BCUT2D eigenvalue weighted by Gasteiger charge is -2.10. The Balaban J connectivity index is 1.80. The van der Waals surface area contributed by atoms with Crippen molar-refractivity contribution in [2.24, 2.45) is 0 Å². The van der Waals surface area contributed by atoms with E-state index in [1.165, 1.54) is 24.3 Å². The molecule has 0 saturated carbocycles. The van der Waals surface area contributed by atoms with Crippen LogP contribution in [-0.2, 0) is 19.3 Å². The first-order valence-corrected chi connectivity index (χ1v) is 9.01. The Hall–Kier alpha value is -2.63. The molecular weight excluding hydrogens is 375 g/mol. The van der Waals surface area contributed by atoms with Crippen LogP contribution in [0.25, 0.3) is 10.8 Å². The van der Waals surface area contributed by atoms with E-state index >= 15 is 0 Å². The van der Waals surface area contributed by atoms with Crippen molar-refractivity contribution in [3.8, 4) is 5.75 Å². The predicted octanol–water partition coefficient (Wildman–Crippen LogP) is 6.60. The molecule has 0 saturated heterocycles. The highest BCUT2D eigenvalue weighted by Gasteiger charge is 2.14. The molecule has 3 aromatic rings. The average molecular weight is 394 g/mol. The van der Waals surface area contributed by atoms with Crippen LogP contribution in [0.1, 0.15) is 30.0 Å². The van der Waals surface area contributed by atoms with E-state index in [0.29, 0.717) is 23.8 Å². The summed E-state index contributed by atoms with van der Waals surface area (Å²) in [5.41, 5.74) is 1.40. The molecule has 6 heteroatoms. The average Bonchev–Trinajstić information content (AvgIpc) is 2.63. The van der Waals surface area contributed by atoms with Crippen LogP contribution in [0.4, 0.5) is 22.0 Å². The molecule has 0 aliphatic rings. The van der Waals surface area contributed by atoms with Crippen molar-refractivity contribution in [1.82, 2.24) is 0 Å². The van der Waals surface area contributed by atoms with Gasteiger partial charge in [-0.2, -0.15) is 8.78 Å². The number of ether oxygens (including phenoxy) is 1. The largest absolute Gasteiger partial charge is 0.432 e. The lowest BCUT2D eigenvalue weighted by Crippen LogP contribution is -2.04. The number of rotatable bonds is 7. The molecule has 0 aliphatic heterocycles. The van der Waals surface area contributed by atoms with Crippen molar-refractivity contribution in [2.75, 3.05) is 0 Å². The third kappa shape index (κ3) is 4.43. The van der Waals surface area contributed by atoms with Gasteiger partial charge in [0.15, 0.2) is 11.6 Å². The molecule has 0 unspecified atom stereocenters. The van der Waals surface area contributed by atoms with Crippen molar-refractivity contribution in [3.05, 3.63) is 76.6 Å². The third-order valence-corrected chi connectivity index (χ3v) is 4.60. The molecule has 0 heterocycles.